The minimum atomic E-state index is -4.96. The number of phosphoric ester groups is 2. The third-order valence-corrected chi connectivity index (χ3v) is 19.9. The van der Waals surface area contributed by atoms with Crippen LogP contribution in [0.4, 0.5) is 0 Å². The van der Waals surface area contributed by atoms with Crippen molar-refractivity contribution < 1.29 is 80.2 Å². The van der Waals surface area contributed by atoms with E-state index in [4.69, 9.17) is 37.0 Å². The van der Waals surface area contributed by atoms with Crippen LogP contribution in [-0.4, -0.2) is 96.7 Å². The number of ether oxygens (including phenoxy) is 4. The lowest BCUT2D eigenvalue weighted by Gasteiger charge is -2.21. The predicted octanol–water partition coefficient (Wildman–Crippen LogP) is 22.9. The van der Waals surface area contributed by atoms with E-state index in [9.17, 15) is 43.2 Å². The number of carbonyl (C=O) groups excluding carboxylic acids is 4. The fourth-order valence-corrected chi connectivity index (χ4v) is 13.5. The topological polar surface area (TPSA) is 237 Å². The lowest BCUT2D eigenvalue weighted by atomic mass is 10.0. The summed E-state index contributed by atoms with van der Waals surface area (Å²) in [6.45, 7) is 7.31. The van der Waals surface area contributed by atoms with Crippen molar-refractivity contribution in [1.82, 2.24) is 0 Å². The second-order valence-corrected chi connectivity index (χ2v) is 31.1. The molecular formula is C77H150O17P2. The molecule has 19 heteroatoms. The summed E-state index contributed by atoms with van der Waals surface area (Å²) < 4.78 is 68.5. The molecule has 0 amide bonds. The van der Waals surface area contributed by atoms with Crippen molar-refractivity contribution in [3.05, 3.63) is 0 Å². The second-order valence-electron chi connectivity index (χ2n) is 28.2. The first kappa shape index (κ1) is 94.1. The summed E-state index contributed by atoms with van der Waals surface area (Å²) in [5.74, 6) is -1.32. The van der Waals surface area contributed by atoms with Crippen LogP contribution >= 0.6 is 15.6 Å². The van der Waals surface area contributed by atoms with E-state index in [1.54, 1.807) is 0 Å². The summed E-state index contributed by atoms with van der Waals surface area (Å²) in [5.41, 5.74) is 0. The molecule has 0 heterocycles. The summed E-state index contributed by atoms with van der Waals surface area (Å²) in [4.78, 5) is 72.8. The molecule has 570 valence electrons. The molecule has 0 aliphatic carbocycles. The van der Waals surface area contributed by atoms with Crippen molar-refractivity contribution in [2.75, 3.05) is 39.6 Å². The number of rotatable bonds is 77. The highest BCUT2D eigenvalue weighted by molar-refractivity contribution is 7.47. The molecule has 0 aliphatic heterocycles. The molecule has 96 heavy (non-hydrogen) atoms. The number of phosphoric acid groups is 2. The van der Waals surface area contributed by atoms with Gasteiger partial charge in [0.2, 0.25) is 0 Å². The van der Waals surface area contributed by atoms with Gasteiger partial charge >= 0.3 is 39.5 Å². The van der Waals surface area contributed by atoms with Crippen LogP contribution in [0.5, 0.6) is 0 Å². The molecule has 0 aromatic heterocycles. The Morgan fingerprint density at radius 2 is 0.479 bits per heavy atom. The number of aliphatic hydroxyl groups is 1. The molecule has 3 N–H and O–H groups in total. The highest BCUT2D eigenvalue weighted by atomic mass is 31.2. The van der Waals surface area contributed by atoms with E-state index in [0.29, 0.717) is 25.7 Å². The van der Waals surface area contributed by atoms with Gasteiger partial charge in [0.15, 0.2) is 12.2 Å². The monoisotopic (exact) mass is 1410 g/mol. The average molecular weight is 1410 g/mol. The standard InChI is InChI=1S/C77H150O17P2/c1-6-9-12-15-18-21-23-25-27-29-33-37-41-46-51-56-61-75(80)88-67-73(94-77(82)63-58-53-48-43-39-35-31-30-32-36-40-44-49-54-59-70(4)5)69-92-96(85,86)90-65-71(78)64-89-95(83,84)91-68-72(66-87-74(79)60-55-50-45-20-17-14-11-8-3)93-76(81)62-57-52-47-42-38-34-28-26-24-22-19-16-13-10-7-2/h70-73,78H,6-69H2,1-5H3,(H,83,84)(H,85,86)/t71-,72+,73+/m0/s1. The molecule has 0 rings (SSSR count). The van der Waals surface area contributed by atoms with Gasteiger partial charge in [0.1, 0.15) is 19.3 Å². The molecule has 0 saturated heterocycles. The van der Waals surface area contributed by atoms with Crippen molar-refractivity contribution in [3.8, 4) is 0 Å². The number of hydrogen-bond donors (Lipinski definition) is 3. The Labute approximate surface area is 588 Å². The van der Waals surface area contributed by atoms with Crippen molar-refractivity contribution in [3.63, 3.8) is 0 Å². The first-order valence-corrected chi connectivity index (χ1v) is 43.1. The minimum Gasteiger partial charge on any atom is -0.462 e. The zero-order valence-corrected chi connectivity index (χ0v) is 64.3. The van der Waals surface area contributed by atoms with Gasteiger partial charge in [0.25, 0.3) is 0 Å². The Bertz CT molecular complexity index is 1840. The highest BCUT2D eigenvalue weighted by Crippen LogP contribution is 2.45. The lowest BCUT2D eigenvalue weighted by molar-refractivity contribution is -0.161. The Morgan fingerprint density at radius 1 is 0.281 bits per heavy atom. The third-order valence-electron chi connectivity index (χ3n) is 18.0. The van der Waals surface area contributed by atoms with Gasteiger partial charge in [-0.3, -0.25) is 37.3 Å². The average Bonchev–Trinajstić information content (AvgIpc) is 2.14. The van der Waals surface area contributed by atoms with Gasteiger partial charge in [-0.2, -0.15) is 0 Å². The van der Waals surface area contributed by atoms with E-state index in [-0.39, 0.29) is 25.7 Å². The fourth-order valence-electron chi connectivity index (χ4n) is 11.9. The normalized spacial score (nSPS) is 13.9. The number of carbonyl (C=O) groups is 4. The summed E-state index contributed by atoms with van der Waals surface area (Å²) in [5, 5.41) is 10.6. The van der Waals surface area contributed by atoms with E-state index in [0.717, 1.165) is 102 Å². The first-order chi connectivity index (χ1) is 46.5. The van der Waals surface area contributed by atoms with E-state index < -0.39 is 97.5 Å². The summed E-state index contributed by atoms with van der Waals surface area (Å²) >= 11 is 0. The maximum Gasteiger partial charge on any atom is 0.472 e. The van der Waals surface area contributed by atoms with Gasteiger partial charge in [-0.1, -0.05) is 356 Å². The summed E-state index contributed by atoms with van der Waals surface area (Å²) in [6.07, 6.45) is 59.6. The molecule has 17 nitrogen and oxygen atoms in total. The molecule has 0 aliphatic rings. The van der Waals surface area contributed by atoms with Crippen LogP contribution in [0.25, 0.3) is 0 Å². The first-order valence-electron chi connectivity index (χ1n) is 40.1. The van der Waals surface area contributed by atoms with Gasteiger partial charge in [-0.15, -0.1) is 0 Å². The highest BCUT2D eigenvalue weighted by Gasteiger charge is 2.30. The molecule has 2 unspecified atom stereocenters. The van der Waals surface area contributed by atoms with E-state index >= 15 is 0 Å². The van der Waals surface area contributed by atoms with Crippen molar-refractivity contribution in [1.29, 1.82) is 0 Å². The smallest absolute Gasteiger partial charge is 0.462 e. The van der Waals surface area contributed by atoms with Crippen LogP contribution in [0.2, 0.25) is 0 Å². The fraction of sp³-hybridized carbons (Fsp3) is 0.948. The number of hydrogen-bond acceptors (Lipinski definition) is 15. The quantitative estimate of drug-likeness (QED) is 0.0222. The van der Waals surface area contributed by atoms with Crippen molar-refractivity contribution >= 4 is 39.5 Å². The van der Waals surface area contributed by atoms with Crippen LogP contribution in [0, 0.1) is 5.92 Å². The molecular weight excluding hydrogens is 1260 g/mol. The largest absolute Gasteiger partial charge is 0.472 e. The maximum absolute atomic E-state index is 13.1. The van der Waals surface area contributed by atoms with Crippen LogP contribution in [0.1, 0.15) is 407 Å². The zero-order chi connectivity index (χ0) is 70.5. The Balaban J connectivity index is 5.21. The van der Waals surface area contributed by atoms with Crippen molar-refractivity contribution in [2.45, 2.75) is 425 Å². The molecule has 0 spiro atoms. The predicted molar refractivity (Wildman–Crippen MR) is 391 cm³/mol. The Morgan fingerprint density at radius 3 is 0.708 bits per heavy atom. The van der Waals surface area contributed by atoms with E-state index in [1.807, 2.05) is 0 Å². The molecule has 5 atom stereocenters. The van der Waals surface area contributed by atoms with Gasteiger partial charge in [-0.05, 0) is 31.6 Å². The molecule has 0 aromatic carbocycles. The Hall–Kier alpha value is -1.94. The van der Waals surface area contributed by atoms with Gasteiger partial charge in [0, 0.05) is 25.7 Å². The van der Waals surface area contributed by atoms with Crippen LogP contribution in [0.15, 0.2) is 0 Å². The lowest BCUT2D eigenvalue weighted by Crippen LogP contribution is -2.30. The maximum atomic E-state index is 13.1. The number of aliphatic hydroxyl groups excluding tert-OH is 1. The SMILES string of the molecule is CCCCCCCCCCCCCCCCCCC(=O)OC[C@H](COP(=O)(O)OC[C@@H](O)COP(=O)(O)OC[C@@H](COC(=O)CCCCCCCCCC)OC(=O)CCCCCCCCCCCCCCCCC)OC(=O)CCCCCCCCCCCCCCCCC(C)C. The second kappa shape index (κ2) is 70.1. The van der Waals surface area contributed by atoms with Crippen LogP contribution in [0.3, 0.4) is 0 Å². The number of unbranched alkanes of at least 4 members (excludes halogenated alkanes) is 49. The Kier molecular flexibility index (Phi) is 68.7. The molecule has 0 saturated carbocycles. The van der Waals surface area contributed by atoms with E-state index in [1.165, 1.54) is 225 Å². The van der Waals surface area contributed by atoms with Crippen molar-refractivity contribution in [2.24, 2.45) is 5.92 Å². The van der Waals surface area contributed by atoms with Crippen LogP contribution < -0.4 is 0 Å². The van der Waals surface area contributed by atoms with Gasteiger partial charge in [-0.25, -0.2) is 9.13 Å². The molecule has 0 aromatic rings. The summed E-state index contributed by atoms with van der Waals surface area (Å²) in [7, 11) is -9.91. The third kappa shape index (κ3) is 70.5. The molecule has 0 fully saturated rings. The molecule has 0 radical (unpaired) electrons. The number of esters is 4. The minimum absolute atomic E-state index is 0.108. The summed E-state index contributed by atoms with van der Waals surface area (Å²) in [6, 6.07) is 0. The van der Waals surface area contributed by atoms with Gasteiger partial charge in [0.05, 0.1) is 26.4 Å². The van der Waals surface area contributed by atoms with Crippen LogP contribution in [-0.2, 0) is 65.4 Å². The van der Waals surface area contributed by atoms with Gasteiger partial charge < -0.3 is 33.8 Å². The van der Waals surface area contributed by atoms with E-state index in [2.05, 4.69) is 34.6 Å². The molecule has 0 bridgehead atoms. The zero-order valence-electron chi connectivity index (χ0n) is 62.5.